The Balaban J connectivity index is 1.33. The average molecular weight is 405 g/mol. The molecule has 0 fully saturated rings. The molecule has 1 unspecified atom stereocenters. The number of hydrogen-bond donors (Lipinski definition) is 2. The number of fused-ring (bicyclic) bond motifs is 2. The maximum Gasteiger partial charge on any atom is 0.279 e. The smallest absolute Gasteiger partial charge is 0.279 e. The van der Waals surface area contributed by atoms with Crippen molar-refractivity contribution in [3.05, 3.63) is 66.4 Å². The van der Waals surface area contributed by atoms with Gasteiger partial charge in [-0.15, -0.1) is 0 Å². The number of benzene rings is 2. The topological polar surface area (TPSA) is 53.2 Å². The van der Waals surface area contributed by atoms with E-state index < -0.39 is 0 Å². The highest BCUT2D eigenvalue weighted by Gasteiger charge is 2.15. The number of para-hydroxylation sites is 1. The monoisotopic (exact) mass is 404 g/mol. The van der Waals surface area contributed by atoms with Gasteiger partial charge in [-0.1, -0.05) is 42.5 Å². The quantitative estimate of drug-likeness (QED) is 0.429. The molecule has 0 saturated carbocycles. The van der Waals surface area contributed by atoms with E-state index in [4.69, 9.17) is 4.74 Å². The van der Waals surface area contributed by atoms with Crippen LogP contribution in [0, 0.1) is 0 Å². The van der Waals surface area contributed by atoms with Crippen LogP contribution in [-0.2, 0) is 6.54 Å². The van der Waals surface area contributed by atoms with E-state index in [2.05, 4.69) is 63.7 Å². The summed E-state index contributed by atoms with van der Waals surface area (Å²) in [7, 11) is 0. The van der Waals surface area contributed by atoms with Crippen molar-refractivity contribution >= 4 is 32.5 Å². The van der Waals surface area contributed by atoms with Gasteiger partial charge in [-0.3, -0.25) is 4.90 Å². The van der Waals surface area contributed by atoms with E-state index in [0.717, 1.165) is 47.7 Å². The number of H-pyrrole nitrogens is 1. The average Bonchev–Trinajstić information content (AvgIpc) is 3.47. The molecule has 1 atom stereocenters. The predicted octanol–water partition coefficient (Wildman–Crippen LogP) is 4.92. The van der Waals surface area contributed by atoms with Gasteiger partial charge >= 0.3 is 0 Å². The summed E-state index contributed by atoms with van der Waals surface area (Å²) < 4.78 is 7.17. The predicted molar refractivity (Wildman–Crippen MR) is 120 cm³/mol. The van der Waals surface area contributed by atoms with Gasteiger partial charge in [0, 0.05) is 48.8 Å². The minimum absolute atomic E-state index is 0.453. The van der Waals surface area contributed by atoms with Crippen LogP contribution in [-0.4, -0.2) is 40.5 Å². The first-order valence-electron chi connectivity index (χ1n) is 10.0. The Morgan fingerprint density at radius 2 is 2.17 bits per heavy atom. The van der Waals surface area contributed by atoms with Crippen molar-refractivity contribution in [3.63, 3.8) is 0 Å². The van der Waals surface area contributed by atoms with Crippen LogP contribution in [0.3, 0.4) is 0 Å². The fraction of sp³-hybridized carbons (Fsp3) is 0.261. The molecule has 3 heterocycles. The van der Waals surface area contributed by atoms with E-state index in [0.29, 0.717) is 11.2 Å². The maximum atomic E-state index is 6.03. The van der Waals surface area contributed by atoms with Gasteiger partial charge in [0.05, 0.1) is 10.2 Å². The number of aromatic amines is 1. The molecule has 0 bridgehead atoms. The Morgan fingerprint density at radius 1 is 1.24 bits per heavy atom. The summed E-state index contributed by atoms with van der Waals surface area (Å²) in [6.45, 7) is 6.18. The lowest BCUT2D eigenvalue weighted by molar-refractivity contribution is 0.266. The Bertz CT molecular complexity index is 1130. The summed E-state index contributed by atoms with van der Waals surface area (Å²) in [5.41, 5.74) is 3.38. The Labute approximate surface area is 174 Å². The third-order valence-corrected chi connectivity index (χ3v) is 6.30. The van der Waals surface area contributed by atoms with E-state index in [-0.39, 0.29) is 0 Å². The summed E-state index contributed by atoms with van der Waals surface area (Å²) in [6.07, 6.45) is 6.59. The van der Waals surface area contributed by atoms with Crippen molar-refractivity contribution in [3.8, 4) is 10.9 Å². The summed E-state index contributed by atoms with van der Waals surface area (Å²) in [5, 5.41) is 5.41. The lowest BCUT2D eigenvalue weighted by Crippen LogP contribution is -2.37. The van der Waals surface area contributed by atoms with E-state index >= 15 is 0 Å². The van der Waals surface area contributed by atoms with Crippen LogP contribution in [0.5, 0.6) is 10.9 Å². The Kier molecular flexibility index (Phi) is 5.06. The highest BCUT2D eigenvalue weighted by atomic mass is 32.1. The van der Waals surface area contributed by atoms with E-state index in [1.165, 1.54) is 10.9 Å². The minimum Gasteiger partial charge on any atom is -0.431 e. The molecular formula is C23H24N4OS. The third-order valence-electron chi connectivity index (χ3n) is 5.38. The summed E-state index contributed by atoms with van der Waals surface area (Å²) in [5.74, 6) is 0.803. The van der Waals surface area contributed by atoms with Gasteiger partial charge in [0.15, 0.2) is 0 Å². The molecular weight excluding hydrogens is 380 g/mol. The molecule has 1 aliphatic heterocycles. The van der Waals surface area contributed by atoms with Crippen LogP contribution in [0.1, 0.15) is 12.5 Å². The maximum absolute atomic E-state index is 6.03. The largest absolute Gasteiger partial charge is 0.431 e. The van der Waals surface area contributed by atoms with Crippen molar-refractivity contribution in [1.82, 2.24) is 20.2 Å². The van der Waals surface area contributed by atoms with Crippen LogP contribution in [0.25, 0.3) is 21.1 Å². The van der Waals surface area contributed by atoms with Gasteiger partial charge in [-0.25, -0.2) is 4.98 Å². The molecule has 2 N–H and O–H groups in total. The third kappa shape index (κ3) is 3.92. The highest BCUT2D eigenvalue weighted by Crippen LogP contribution is 2.32. The zero-order chi connectivity index (χ0) is 19.6. The minimum atomic E-state index is 0.453. The standard InChI is InChI=1S/C23H24N4OS/c1-2-27(15-17-6-5-11-24-17)14-16-13-25-21-12-18(9-10-19(16)21)28-23-26-20-7-3-4-8-22(20)29-23/h3-10,12-13,17,24-25H,2,11,14-15H2,1H3. The number of rotatable bonds is 7. The van der Waals surface area contributed by atoms with Crippen molar-refractivity contribution in [2.45, 2.75) is 19.5 Å². The number of aromatic nitrogens is 2. The molecule has 0 radical (unpaired) electrons. The second kappa shape index (κ2) is 7.99. The molecule has 5 nitrogen and oxygen atoms in total. The summed E-state index contributed by atoms with van der Waals surface area (Å²) in [6, 6.07) is 14.8. The van der Waals surface area contributed by atoms with Gasteiger partial charge in [0.25, 0.3) is 5.19 Å². The molecule has 2 aromatic heterocycles. The van der Waals surface area contributed by atoms with Crippen molar-refractivity contribution in [2.75, 3.05) is 19.6 Å². The van der Waals surface area contributed by atoms with Gasteiger partial charge in [-0.2, -0.15) is 0 Å². The first-order chi connectivity index (χ1) is 14.3. The lowest BCUT2D eigenvalue weighted by Gasteiger charge is -2.23. The Morgan fingerprint density at radius 3 is 3.00 bits per heavy atom. The van der Waals surface area contributed by atoms with Crippen LogP contribution in [0.4, 0.5) is 0 Å². The molecule has 1 aliphatic rings. The summed E-state index contributed by atoms with van der Waals surface area (Å²) >= 11 is 1.57. The molecule has 0 spiro atoms. The Hall–Kier alpha value is -2.67. The molecule has 5 rings (SSSR count). The molecule has 29 heavy (non-hydrogen) atoms. The summed E-state index contributed by atoms with van der Waals surface area (Å²) in [4.78, 5) is 10.4. The molecule has 148 valence electrons. The fourth-order valence-corrected chi connectivity index (χ4v) is 4.66. The molecule has 0 aliphatic carbocycles. The van der Waals surface area contributed by atoms with Crippen LogP contribution >= 0.6 is 11.3 Å². The molecule has 6 heteroatoms. The number of likely N-dealkylation sites (N-methyl/N-ethyl adjacent to an activating group) is 1. The SMILES string of the molecule is CCN(Cc1c[nH]c2cc(Oc3nc4ccccc4s3)ccc12)CC1C=CCN1. The lowest BCUT2D eigenvalue weighted by atomic mass is 10.1. The van der Waals surface area contributed by atoms with Crippen LogP contribution in [0.15, 0.2) is 60.8 Å². The van der Waals surface area contributed by atoms with Crippen molar-refractivity contribution in [2.24, 2.45) is 0 Å². The van der Waals surface area contributed by atoms with E-state index in [1.54, 1.807) is 11.3 Å². The highest BCUT2D eigenvalue weighted by molar-refractivity contribution is 7.20. The number of hydrogen-bond acceptors (Lipinski definition) is 5. The number of nitrogens with one attached hydrogen (secondary N) is 2. The number of ether oxygens (including phenoxy) is 1. The van der Waals surface area contributed by atoms with Crippen molar-refractivity contribution < 1.29 is 4.74 Å². The van der Waals surface area contributed by atoms with Crippen molar-refractivity contribution in [1.29, 1.82) is 0 Å². The van der Waals surface area contributed by atoms with Gasteiger partial charge in [0.1, 0.15) is 5.75 Å². The fourth-order valence-electron chi connectivity index (χ4n) is 3.82. The zero-order valence-corrected chi connectivity index (χ0v) is 17.2. The van der Waals surface area contributed by atoms with E-state index in [9.17, 15) is 0 Å². The number of thiazole rings is 1. The zero-order valence-electron chi connectivity index (χ0n) is 16.4. The van der Waals surface area contributed by atoms with Crippen LogP contribution < -0.4 is 10.1 Å². The van der Waals surface area contributed by atoms with Gasteiger partial charge in [-0.05, 0) is 36.4 Å². The molecule has 4 aromatic rings. The first kappa shape index (κ1) is 18.4. The second-order valence-electron chi connectivity index (χ2n) is 7.34. The normalized spacial score (nSPS) is 16.4. The van der Waals surface area contributed by atoms with Gasteiger partial charge in [0.2, 0.25) is 0 Å². The number of nitrogens with zero attached hydrogens (tertiary/aromatic N) is 2. The van der Waals surface area contributed by atoms with Crippen LogP contribution in [0.2, 0.25) is 0 Å². The van der Waals surface area contributed by atoms with E-state index in [1.807, 2.05) is 24.3 Å². The molecule has 0 saturated heterocycles. The molecule has 2 aromatic carbocycles. The second-order valence-corrected chi connectivity index (χ2v) is 8.33. The first-order valence-corrected chi connectivity index (χ1v) is 10.9. The van der Waals surface area contributed by atoms with Gasteiger partial charge < -0.3 is 15.0 Å². The molecule has 0 amide bonds.